The highest BCUT2D eigenvalue weighted by Gasteiger charge is 2.21. The van der Waals surface area contributed by atoms with Crippen LogP contribution in [0.3, 0.4) is 0 Å². The van der Waals surface area contributed by atoms with Gasteiger partial charge in [0.1, 0.15) is 6.54 Å². The molecule has 1 aromatic rings. The summed E-state index contributed by atoms with van der Waals surface area (Å²) < 4.78 is 6.38. The molecule has 0 aromatic carbocycles. The van der Waals surface area contributed by atoms with Crippen LogP contribution in [0.15, 0.2) is 0 Å². The fourth-order valence-corrected chi connectivity index (χ4v) is 1.69. The maximum Gasteiger partial charge on any atom is 0.360 e. The molecular weight excluding hydrogens is 248 g/mol. The Bertz CT molecular complexity index is 442. The van der Waals surface area contributed by atoms with E-state index in [0.29, 0.717) is 18.7 Å². The lowest BCUT2D eigenvalue weighted by Crippen LogP contribution is -2.28. The number of amides is 1. The monoisotopic (exact) mass is 268 g/mol. The van der Waals surface area contributed by atoms with Gasteiger partial charge in [-0.2, -0.15) is 0 Å². The van der Waals surface area contributed by atoms with Gasteiger partial charge in [-0.3, -0.25) is 4.79 Å². The van der Waals surface area contributed by atoms with Crippen LogP contribution in [-0.4, -0.2) is 40.0 Å². The van der Waals surface area contributed by atoms with Gasteiger partial charge >= 0.3 is 5.97 Å². The Morgan fingerprint density at radius 3 is 2.63 bits per heavy atom. The van der Waals surface area contributed by atoms with Gasteiger partial charge in [0.05, 0.1) is 12.3 Å². The summed E-state index contributed by atoms with van der Waals surface area (Å²) in [6.07, 6.45) is 1.45. The molecule has 1 N–H and O–H groups in total. The number of likely N-dealkylation sites (N-methyl/N-ethyl adjacent to an activating group) is 1. The van der Waals surface area contributed by atoms with Crippen LogP contribution in [0.2, 0.25) is 0 Å². The van der Waals surface area contributed by atoms with Crippen LogP contribution in [0, 0.1) is 0 Å². The fourth-order valence-electron chi connectivity index (χ4n) is 1.69. The molecular formula is C12H20N4O3. The molecule has 0 bridgehead atoms. The molecule has 1 rings (SSSR count). The summed E-state index contributed by atoms with van der Waals surface area (Å²) in [5.41, 5.74) is 0.847. The molecule has 7 nitrogen and oxygen atoms in total. The fraction of sp³-hybridized carbons (Fsp3) is 0.667. The first-order valence-corrected chi connectivity index (χ1v) is 6.50. The van der Waals surface area contributed by atoms with Gasteiger partial charge in [-0.15, -0.1) is 5.10 Å². The van der Waals surface area contributed by atoms with E-state index in [1.54, 1.807) is 6.92 Å². The summed E-state index contributed by atoms with van der Waals surface area (Å²) in [6.45, 7) is 6.47. The highest BCUT2D eigenvalue weighted by atomic mass is 16.5. The molecule has 0 atom stereocenters. The topological polar surface area (TPSA) is 86.1 Å². The molecule has 0 radical (unpaired) electrons. The molecule has 0 spiro atoms. The second-order valence-corrected chi connectivity index (χ2v) is 3.97. The first-order valence-electron chi connectivity index (χ1n) is 6.50. The van der Waals surface area contributed by atoms with E-state index >= 15 is 0 Å². The van der Waals surface area contributed by atoms with Crippen molar-refractivity contribution >= 4 is 11.9 Å². The molecule has 0 fully saturated rings. The van der Waals surface area contributed by atoms with E-state index in [2.05, 4.69) is 15.6 Å². The summed E-state index contributed by atoms with van der Waals surface area (Å²) >= 11 is 0. The van der Waals surface area contributed by atoms with Crippen molar-refractivity contribution in [1.82, 2.24) is 20.3 Å². The lowest BCUT2D eigenvalue weighted by Gasteiger charge is -2.06. The molecule has 1 aromatic heterocycles. The van der Waals surface area contributed by atoms with E-state index in [1.165, 1.54) is 4.68 Å². The Hall–Kier alpha value is -1.92. The summed E-state index contributed by atoms with van der Waals surface area (Å²) in [7, 11) is 0. The normalized spacial score (nSPS) is 10.3. The third-order valence-corrected chi connectivity index (χ3v) is 2.46. The van der Waals surface area contributed by atoms with Gasteiger partial charge in [0, 0.05) is 6.54 Å². The van der Waals surface area contributed by atoms with Gasteiger partial charge in [-0.25, -0.2) is 9.48 Å². The maximum atomic E-state index is 11.7. The molecule has 1 heterocycles. The average molecular weight is 268 g/mol. The van der Waals surface area contributed by atoms with Crippen molar-refractivity contribution in [3.63, 3.8) is 0 Å². The Labute approximate surface area is 112 Å². The molecule has 0 unspecified atom stereocenters. The van der Waals surface area contributed by atoms with Crippen molar-refractivity contribution in [3.05, 3.63) is 11.4 Å². The van der Waals surface area contributed by atoms with Gasteiger partial charge in [-0.05, 0) is 20.3 Å². The summed E-state index contributed by atoms with van der Waals surface area (Å²) in [4.78, 5) is 23.3. The number of esters is 1. The van der Waals surface area contributed by atoms with Crippen molar-refractivity contribution in [3.8, 4) is 0 Å². The Morgan fingerprint density at radius 2 is 2.05 bits per heavy atom. The van der Waals surface area contributed by atoms with Crippen molar-refractivity contribution in [1.29, 1.82) is 0 Å². The van der Waals surface area contributed by atoms with E-state index in [4.69, 9.17) is 4.74 Å². The van der Waals surface area contributed by atoms with Crippen LogP contribution < -0.4 is 5.32 Å². The van der Waals surface area contributed by atoms with Crippen molar-refractivity contribution in [2.75, 3.05) is 13.2 Å². The van der Waals surface area contributed by atoms with Gasteiger partial charge < -0.3 is 10.1 Å². The summed E-state index contributed by atoms with van der Waals surface area (Å²) in [5, 5.41) is 10.4. The molecule has 1 amide bonds. The zero-order valence-corrected chi connectivity index (χ0v) is 11.6. The number of hydrogen-bond acceptors (Lipinski definition) is 5. The first kappa shape index (κ1) is 15.1. The Balaban J connectivity index is 2.92. The van der Waals surface area contributed by atoms with Gasteiger partial charge in [0.25, 0.3) is 0 Å². The van der Waals surface area contributed by atoms with Crippen molar-refractivity contribution in [2.24, 2.45) is 0 Å². The number of rotatable bonds is 7. The smallest absolute Gasteiger partial charge is 0.360 e. The second kappa shape index (κ2) is 7.50. The number of carbonyl (C=O) groups is 2. The number of nitrogens with zero attached hydrogens (tertiary/aromatic N) is 3. The highest BCUT2D eigenvalue weighted by Crippen LogP contribution is 2.10. The van der Waals surface area contributed by atoms with Crippen LogP contribution in [0.25, 0.3) is 0 Å². The second-order valence-electron chi connectivity index (χ2n) is 3.97. The molecule has 0 saturated heterocycles. The van der Waals surface area contributed by atoms with Crippen LogP contribution in [0.1, 0.15) is 43.4 Å². The third kappa shape index (κ3) is 4.04. The summed E-state index contributed by atoms with van der Waals surface area (Å²) in [6, 6.07) is 0. The quantitative estimate of drug-likeness (QED) is 0.729. The molecule has 0 aliphatic carbocycles. The van der Waals surface area contributed by atoms with Gasteiger partial charge in [-0.1, -0.05) is 18.6 Å². The molecule has 0 aliphatic heterocycles. The standard InChI is InChI=1S/C12H20N4O3/c1-4-7-9-11(12(18)19-6-3)14-15-16(9)8-10(17)13-5-2/h4-8H2,1-3H3,(H,13,17). The Kier molecular flexibility index (Phi) is 5.98. The van der Waals surface area contributed by atoms with Crippen LogP contribution >= 0.6 is 0 Å². The lowest BCUT2D eigenvalue weighted by atomic mass is 10.2. The van der Waals surface area contributed by atoms with Gasteiger partial charge in [0.15, 0.2) is 5.69 Å². The molecule has 19 heavy (non-hydrogen) atoms. The van der Waals surface area contributed by atoms with Crippen molar-refractivity contribution in [2.45, 2.75) is 40.2 Å². The number of hydrogen-bond donors (Lipinski definition) is 1. The summed E-state index contributed by atoms with van der Waals surface area (Å²) in [5.74, 6) is -0.645. The highest BCUT2D eigenvalue weighted by molar-refractivity contribution is 5.88. The van der Waals surface area contributed by atoms with Crippen molar-refractivity contribution < 1.29 is 14.3 Å². The molecule has 106 valence electrons. The molecule has 0 aliphatic rings. The Morgan fingerprint density at radius 1 is 1.32 bits per heavy atom. The number of ether oxygens (including phenoxy) is 1. The number of nitrogens with one attached hydrogen (secondary N) is 1. The predicted octanol–water partition coefficient (Wildman–Crippen LogP) is 0.543. The van der Waals surface area contributed by atoms with Crippen LogP contribution in [0.4, 0.5) is 0 Å². The lowest BCUT2D eigenvalue weighted by molar-refractivity contribution is -0.121. The van der Waals surface area contributed by atoms with Crippen LogP contribution in [-0.2, 0) is 22.5 Å². The van der Waals surface area contributed by atoms with E-state index in [9.17, 15) is 9.59 Å². The minimum absolute atomic E-state index is 0.0651. The minimum atomic E-state index is -0.493. The zero-order valence-electron chi connectivity index (χ0n) is 11.6. The number of aromatic nitrogens is 3. The average Bonchev–Trinajstić information content (AvgIpc) is 2.74. The van der Waals surface area contributed by atoms with E-state index < -0.39 is 5.97 Å². The van der Waals surface area contributed by atoms with Gasteiger partial charge in [0.2, 0.25) is 5.91 Å². The number of carbonyl (C=O) groups excluding carboxylic acids is 2. The van der Waals surface area contributed by atoms with E-state index in [-0.39, 0.29) is 24.8 Å². The van der Waals surface area contributed by atoms with E-state index in [1.807, 2.05) is 13.8 Å². The predicted molar refractivity (Wildman–Crippen MR) is 68.7 cm³/mol. The third-order valence-electron chi connectivity index (χ3n) is 2.46. The first-order chi connectivity index (χ1) is 9.13. The minimum Gasteiger partial charge on any atom is -0.461 e. The van der Waals surface area contributed by atoms with E-state index in [0.717, 1.165) is 6.42 Å². The maximum absolute atomic E-state index is 11.7. The molecule has 0 saturated carbocycles. The SMILES string of the molecule is CCCc1c(C(=O)OCC)nnn1CC(=O)NCC. The molecule has 7 heteroatoms. The van der Waals surface area contributed by atoms with Crippen LogP contribution in [0.5, 0.6) is 0 Å². The largest absolute Gasteiger partial charge is 0.461 e. The zero-order chi connectivity index (χ0) is 14.3.